The normalized spacial score (nSPS) is 12.9. The third-order valence-electron chi connectivity index (χ3n) is 3.63. The fourth-order valence-corrected chi connectivity index (χ4v) is 1.97. The molecule has 0 aliphatic carbocycles. The molecule has 0 fully saturated rings. The number of aryl methyl sites for hydroxylation is 1. The zero-order valence-electron chi connectivity index (χ0n) is 12.9. The van der Waals surface area contributed by atoms with Gasteiger partial charge in [0.2, 0.25) is 0 Å². The van der Waals surface area contributed by atoms with Crippen molar-refractivity contribution in [2.24, 2.45) is 16.3 Å². The van der Waals surface area contributed by atoms with Gasteiger partial charge in [-0.1, -0.05) is 32.0 Å². The largest absolute Gasteiger partial charge is 0.409 e. The van der Waals surface area contributed by atoms with Crippen LogP contribution in [0.4, 0.5) is 0 Å². The number of oxime groups is 1. The fourth-order valence-electron chi connectivity index (χ4n) is 1.97. The van der Waals surface area contributed by atoms with Crippen LogP contribution >= 0.6 is 0 Å². The Morgan fingerprint density at radius 2 is 2.15 bits per heavy atom. The van der Waals surface area contributed by atoms with Crippen molar-refractivity contribution >= 4 is 5.84 Å². The number of nitrogens with two attached hydrogens (primary N) is 1. The molecule has 0 bridgehead atoms. The third-order valence-corrected chi connectivity index (χ3v) is 3.63. The van der Waals surface area contributed by atoms with Crippen LogP contribution in [0.2, 0.25) is 0 Å². The van der Waals surface area contributed by atoms with Gasteiger partial charge in [-0.15, -0.1) is 0 Å². The van der Waals surface area contributed by atoms with Gasteiger partial charge < -0.3 is 10.9 Å². The maximum atomic E-state index is 8.80. The van der Waals surface area contributed by atoms with E-state index in [9.17, 15) is 0 Å². The van der Waals surface area contributed by atoms with Gasteiger partial charge in [-0.25, -0.2) is 0 Å². The zero-order chi connectivity index (χ0) is 15.2. The summed E-state index contributed by atoms with van der Waals surface area (Å²) in [6, 6.07) is 6.08. The molecule has 5 nitrogen and oxygen atoms in total. The quantitative estimate of drug-likeness (QED) is 0.347. The Hall–Kier alpha value is -1.62. The summed E-state index contributed by atoms with van der Waals surface area (Å²) in [5, 5.41) is 11.9. The van der Waals surface area contributed by atoms with Crippen molar-refractivity contribution in [1.29, 1.82) is 0 Å². The summed E-state index contributed by atoms with van der Waals surface area (Å²) < 4.78 is 0. The van der Waals surface area contributed by atoms with Gasteiger partial charge in [-0.3, -0.25) is 9.88 Å². The van der Waals surface area contributed by atoms with Crippen LogP contribution in [0.3, 0.4) is 0 Å². The molecule has 0 spiro atoms. The van der Waals surface area contributed by atoms with Crippen LogP contribution < -0.4 is 5.73 Å². The van der Waals surface area contributed by atoms with Gasteiger partial charge in [0, 0.05) is 17.7 Å². The molecule has 1 aromatic heterocycles. The predicted octanol–water partition coefficient (Wildman–Crippen LogP) is 2.37. The minimum absolute atomic E-state index is 0.280. The van der Waals surface area contributed by atoms with E-state index < -0.39 is 0 Å². The molecule has 0 amide bonds. The van der Waals surface area contributed by atoms with Gasteiger partial charge >= 0.3 is 0 Å². The van der Waals surface area contributed by atoms with Crippen LogP contribution in [0.25, 0.3) is 0 Å². The summed E-state index contributed by atoms with van der Waals surface area (Å²) in [6.07, 6.45) is 0.836. The van der Waals surface area contributed by atoms with Gasteiger partial charge in [0.15, 0.2) is 0 Å². The number of amidine groups is 1. The second-order valence-corrected chi connectivity index (χ2v) is 5.76. The third kappa shape index (κ3) is 4.81. The van der Waals surface area contributed by atoms with E-state index in [0.29, 0.717) is 0 Å². The monoisotopic (exact) mass is 278 g/mol. The second-order valence-electron chi connectivity index (χ2n) is 5.76. The summed E-state index contributed by atoms with van der Waals surface area (Å²) in [4.78, 5) is 6.84. The molecule has 112 valence electrons. The first-order valence-corrected chi connectivity index (χ1v) is 7.02. The summed E-state index contributed by atoms with van der Waals surface area (Å²) in [5.74, 6) is 0.280. The number of aromatic nitrogens is 1. The minimum Gasteiger partial charge on any atom is -0.409 e. The van der Waals surface area contributed by atoms with E-state index in [1.807, 2.05) is 39.0 Å². The average Bonchev–Trinajstić information content (AvgIpc) is 2.42. The number of pyridine rings is 1. The Labute approximate surface area is 121 Å². The molecule has 1 aromatic rings. The fraction of sp³-hybridized carbons (Fsp3) is 0.600. The maximum absolute atomic E-state index is 8.80. The number of hydrogen-bond acceptors (Lipinski definition) is 4. The molecule has 0 unspecified atom stereocenters. The molecule has 0 saturated heterocycles. The Balaban J connectivity index is 2.60. The lowest BCUT2D eigenvalue weighted by Crippen LogP contribution is -2.36. The van der Waals surface area contributed by atoms with Crippen molar-refractivity contribution in [3.63, 3.8) is 0 Å². The van der Waals surface area contributed by atoms with E-state index in [1.165, 1.54) is 0 Å². The molecule has 0 aromatic carbocycles. The summed E-state index contributed by atoms with van der Waals surface area (Å²) in [6.45, 7) is 10.8. The van der Waals surface area contributed by atoms with Crippen molar-refractivity contribution in [3.05, 3.63) is 29.6 Å². The van der Waals surface area contributed by atoms with Crippen molar-refractivity contribution in [2.75, 3.05) is 13.1 Å². The van der Waals surface area contributed by atoms with Gasteiger partial charge in [0.1, 0.15) is 5.84 Å². The molecule has 0 aliphatic rings. The molecule has 0 aliphatic heterocycles. The Morgan fingerprint density at radius 3 is 2.70 bits per heavy atom. The van der Waals surface area contributed by atoms with E-state index in [4.69, 9.17) is 10.9 Å². The van der Waals surface area contributed by atoms with Crippen LogP contribution in [0.1, 0.15) is 38.6 Å². The first kappa shape index (κ1) is 16.4. The average molecular weight is 278 g/mol. The standard InChI is InChI=1S/C15H26N4O/c1-5-19(10-9-15(3,4)14(16)18-20)11-13-8-6-7-12(2)17-13/h6-8,20H,5,9-11H2,1-4H3,(H2,16,18). The van der Waals surface area contributed by atoms with Crippen LogP contribution in [-0.4, -0.2) is 34.0 Å². The molecule has 0 saturated carbocycles. The smallest absolute Gasteiger partial charge is 0.144 e. The van der Waals surface area contributed by atoms with Crippen LogP contribution in [0, 0.1) is 12.3 Å². The predicted molar refractivity (Wildman–Crippen MR) is 81.7 cm³/mol. The lowest BCUT2D eigenvalue weighted by Gasteiger charge is -2.27. The van der Waals surface area contributed by atoms with Gasteiger partial charge in [0.25, 0.3) is 0 Å². The highest BCUT2D eigenvalue weighted by molar-refractivity contribution is 5.85. The van der Waals surface area contributed by atoms with Crippen LogP contribution in [-0.2, 0) is 6.54 Å². The van der Waals surface area contributed by atoms with Crippen molar-refractivity contribution < 1.29 is 5.21 Å². The van der Waals surface area contributed by atoms with E-state index in [2.05, 4.69) is 22.0 Å². The number of hydrogen-bond donors (Lipinski definition) is 2. The lowest BCUT2D eigenvalue weighted by molar-refractivity contribution is 0.241. The molecular weight excluding hydrogens is 252 g/mol. The van der Waals surface area contributed by atoms with Crippen molar-refractivity contribution in [2.45, 2.75) is 40.7 Å². The highest BCUT2D eigenvalue weighted by Crippen LogP contribution is 2.21. The van der Waals surface area contributed by atoms with E-state index >= 15 is 0 Å². The first-order valence-electron chi connectivity index (χ1n) is 7.02. The molecule has 1 heterocycles. The Kier molecular flexibility index (Phi) is 5.95. The second kappa shape index (κ2) is 7.24. The van der Waals surface area contributed by atoms with Crippen LogP contribution in [0.5, 0.6) is 0 Å². The molecule has 20 heavy (non-hydrogen) atoms. The SMILES string of the molecule is CCN(CCC(C)(C)/C(N)=N/O)Cc1cccc(C)n1. The number of rotatable bonds is 7. The molecule has 0 atom stereocenters. The molecule has 3 N–H and O–H groups in total. The van der Waals surface area contributed by atoms with Crippen molar-refractivity contribution in [3.8, 4) is 0 Å². The topological polar surface area (TPSA) is 74.7 Å². The maximum Gasteiger partial charge on any atom is 0.144 e. The zero-order valence-corrected chi connectivity index (χ0v) is 12.9. The first-order chi connectivity index (χ1) is 9.39. The van der Waals surface area contributed by atoms with E-state index in [-0.39, 0.29) is 11.3 Å². The Bertz CT molecular complexity index is 457. The van der Waals surface area contributed by atoms with Gasteiger partial charge in [-0.05, 0) is 38.6 Å². The van der Waals surface area contributed by atoms with Gasteiger partial charge in [0.05, 0.1) is 5.69 Å². The van der Waals surface area contributed by atoms with E-state index in [0.717, 1.165) is 37.4 Å². The molecule has 0 radical (unpaired) electrons. The highest BCUT2D eigenvalue weighted by atomic mass is 16.4. The van der Waals surface area contributed by atoms with Crippen LogP contribution in [0.15, 0.2) is 23.4 Å². The number of nitrogens with zero attached hydrogens (tertiary/aromatic N) is 3. The summed E-state index contributed by atoms with van der Waals surface area (Å²) in [5.41, 5.74) is 7.53. The summed E-state index contributed by atoms with van der Waals surface area (Å²) >= 11 is 0. The minimum atomic E-state index is -0.303. The van der Waals surface area contributed by atoms with E-state index in [1.54, 1.807) is 0 Å². The lowest BCUT2D eigenvalue weighted by atomic mass is 9.88. The molecule has 1 rings (SSSR count). The van der Waals surface area contributed by atoms with Gasteiger partial charge in [-0.2, -0.15) is 0 Å². The Morgan fingerprint density at radius 1 is 1.45 bits per heavy atom. The molecular formula is C15H26N4O. The highest BCUT2D eigenvalue weighted by Gasteiger charge is 2.24. The van der Waals surface area contributed by atoms with Crippen molar-refractivity contribution in [1.82, 2.24) is 9.88 Å². The molecule has 5 heteroatoms. The summed E-state index contributed by atoms with van der Waals surface area (Å²) in [7, 11) is 0.